The minimum Gasteiger partial charge on any atom is -0.497 e. The summed E-state index contributed by atoms with van der Waals surface area (Å²) in [6.45, 7) is 0.689. The van der Waals surface area contributed by atoms with Crippen LogP contribution in [0.1, 0.15) is 34.8 Å². The predicted octanol–water partition coefficient (Wildman–Crippen LogP) is 3.08. The zero-order chi connectivity index (χ0) is 18.0. The molecule has 3 rings (SSSR count). The van der Waals surface area contributed by atoms with Crippen LogP contribution in [0.25, 0.3) is 0 Å². The average molecular weight is 359 g/mol. The van der Waals surface area contributed by atoms with Crippen molar-refractivity contribution in [1.29, 1.82) is 0 Å². The van der Waals surface area contributed by atoms with E-state index in [1.165, 1.54) is 12.1 Å². The minimum absolute atomic E-state index is 0.0113. The Morgan fingerprint density at radius 1 is 1.16 bits per heavy atom. The molecule has 1 aliphatic rings. The van der Waals surface area contributed by atoms with Crippen LogP contribution in [0.2, 0.25) is 0 Å². The molecule has 0 saturated carbocycles. The molecule has 132 valence electrons. The zero-order valence-electron chi connectivity index (χ0n) is 14.3. The number of hydrogen-bond donors (Lipinski definition) is 0. The molecule has 1 atom stereocenters. The smallest absolute Gasteiger partial charge is 0.254 e. The highest BCUT2D eigenvalue weighted by Crippen LogP contribution is 2.34. The fourth-order valence-electron chi connectivity index (χ4n) is 3.22. The molecule has 0 N–H and O–H groups in total. The Bertz CT molecular complexity index is 875. The number of sulfone groups is 1. The third-order valence-electron chi connectivity index (χ3n) is 4.52. The van der Waals surface area contributed by atoms with Crippen LogP contribution in [0.4, 0.5) is 0 Å². The summed E-state index contributed by atoms with van der Waals surface area (Å²) in [5.41, 5.74) is 1.56. The Balaban J connectivity index is 1.85. The van der Waals surface area contributed by atoms with Crippen LogP contribution in [0.3, 0.4) is 0 Å². The number of benzene rings is 2. The van der Waals surface area contributed by atoms with Crippen LogP contribution in [-0.2, 0) is 9.84 Å². The number of amides is 1. The number of carbonyl (C=O) groups excluding carboxylic acids is 1. The number of rotatable bonds is 4. The normalized spacial score (nSPS) is 17.5. The summed E-state index contributed by atoms with van der Waals surface area (Å²) in [6.07, 6.45) is 3.00. The summed E-state index contributed by atoms with van der Waals surface area (Å²) in [5, 5.41) is 0. The second-order valence-corrected chi connectivity index (χ2v) is 8.25. The molecule has 0 bridgehead atoms. The highest BCUT2D eigenvalue weighted by Gasteiger charge is 2.30. The fourth-order valence-corrected chi connectivity index (χ4v) is 3.85. The molecule has 25 heavy (non-hydrogen) atoms. The van der Waals surface area contributed by atoms with Crippen LogP contribution >= 0.6 is 0 Å². The molecule has 1 aliphatic heterocycles. The number of hydrogen-bond acceptors (Lipinski definition) is 4. The van der Waals surface area contributed by atoms with Gasteiger partial charge < -0.3 is 9.64 Å². The van der Waals surface area contributed by atoms with E-state index in [0.29, 0.717) is 12.1 Å². The molecule has 6 heteroatoms. The van der Waals surface area contributed by atoms with Gasteiger partial charge in [-0.15, -0.1) is 0 Å². The lowest BCUT2D eigenvalue weighted by Crippen LogP contribution is -2.30. The van der Waals surface area contributed by atoms with Crippen molar-refractivity contribution in [3.05, 3.63) is 59.7 Å². The Hall–Kier alpha value is -2.34. The van der Waals surface area contributed by atoms with Gasteiger partial charge in [0.15, 0.2) is 9.84 Å². The average Bonchev–Trinajstić information content (AvgIpc) is 3.10. The van der Waals surface area contributed by atoms with Gasteiger partial charge >= 0.3 is 0 Å². The lowest BCUT2D eigenvalue weighted by atomic mass is 10.0. The highest BCUT2D eigenvalue weighted by atomic mass is 32.2. The van der Waals surface area contributed by atoms with Crippen LogP contribution in [0.5, 0.6) is 5.75 Å². The quantitative estimate of drug-likeness (QED) is 0.842. The molecule has 0 radical (unpaired) electrons. The Morgan fingerprint density at radius 3 is 2.52 bits per heavy atom. The summed E-state index contributed by atoms with van der Waals surface area (Å²) in [7, 11) is -1.64. The van der Waals surface area contributed by atoms with Gasteiger partial charge in [-0.1, -0.05) is 12.1 Å². The Kier molecular flexibility index (Phi) is 4.81. The van der Waals surface area contributed by atoms with Gasteiger partial charge in [-0.25, -0.2) is 8.42 Å². The molecule has 0 aliphatic carbocycles. The SMILES string of the molecule is COc1cccc(C2CCCN2C(=O)c2ccc(S(C)(=O)=O)cc2)c1. The second kappa shape index (κ2) is 6.88. The van der Waals surface area contributed by atoms with Crippen molar-refractivity contribution in [2.75, 3.05) is 19.9 Å². The monoisotopic (exact) mass is 359 g/mol. The molecule has 2 aromatic rings. The molecule has 1 heterocycles. The summed E-state index contributed by atoms with van der Waals surface area (Å²) in [5.74, 6) is 0.694. The van der Waals surface area contributed by atoms with Gasteiger partial charge in [0.1, 0.15) is 5.75 Å². The molecule has 1 saturated heterocycles. The van der Waals surface area contributed by atoms with E-state index in [1.807, 2.05) is 29.2 Å². The Morgan fingerprint density at radius 2 is 1.88 bits per heavy atom. The number of ether oxygens (including phenoxy) is 1. The fraction of sp³-hybridized carbons (Fsp3) is 0.316. The molecular formula is C19H21NO4S. The first-order chi connectivity index (χ1) is 11.9. The lowest BCUT2D eigenvalue weighted by molar-refractivity contribution is 0.0735. The maximum atomic E-state index is 12.9. The van der Waals surface area contributed by atoms with E-state index in [-0.39, 0.29) is 16.8 Å². The topological polar surface area (TPSA) is 63.7 Å². The van der Waals surface area contributed by atoms with E-state index in [2.05, 4.69) is 0 Å². The van der Waals surface area contributed by atoms with Gasteiger partial charge in [-0.2, -0.15) is 0 Å². The molecule has 5 nitrogen and oxygen atoms in total. The minimum atomic E-state index is -3.26. The van der Waals surface area contributed by atoms with Crippen LogP contribution in [-0.4, -0.2) is 39.1 Å². The number of methoxy groups -OCH3 is 1. The standard InChI is InChI=1S/C19H21NO4S/c1-24-16-6-3-5-15(13-16)18-7-4-12-20(18)19(21)14-8-10-17(11-9-14)25(2,22)23/h3,5-6,8-11,13,18H,4,7,12H2,1-2H3. The summed E-state index contributed by atoms with van der Waals surface area (Å²) >= 11 is 0. The van der Waals surface area contributed by atoms with Gasteiger partial charge in [0.25, 0.3) is 5.91 Å². The molecule has 0 spiro atoms. The largest absolute Gasteiger partial charge is 0.497 e. The maximum absolute atomic E-state index is 12.9. The van der Waals surface area contributed by atoms with E-state index in [0.717, 1.165) is 30.4 Å². The first kappa shape index (κ1) is 17.5. The summed E-state index contributed by atoms with van der Waals surface area (Å²) in [4.78, 5) is 15.0. The van der Waals surface area contributed by atoms with Crippen molar-refractivity contribution in [3.63, 3.8) is 0 Å². The molecule has 1 amide bonds. The molecule has 2 aromatic carbocycles. The van der Waals surface area contributed by atoms with Crippen LogP contribution in [0, 0.1) is 0 Å². The number of likely N-dealkylation sites (tertiary alicyclic amines) is 1. The summed E-state index contributed by atoms with van der Waals surface area (Å²) in [6, 6.07) is 13.9. The van der Waals surface area contributed by atoms with Crippen LogP contribution in [0.15, 0.2) is 53.4 Å². The second-order valence-electron chi connectivity index (χ2n) is 6.23. The molecular weight excluding hydrogens is 338 g/mol. The van der Waals surface area contributed by atoms with Gasteiger partial charge in [0.05, 0.1) is 18.0 Å². The van der Waals surface area contributed by atoms with Crippen molar-refractivity contribution in [1.82, 2.24) is 4.90 Å². The van der Waals surface area contributed by atoms with E-state index >= 15 is 0 Å². The molecule has 1 fully saturated rings. The third kappa shape index (κ3) is 3.69. The zero-order valence-corrected chi connectivity index (χ0v) is 15.1. The van der Waals surface area contributed by atoms with Gasteiger partial charge in [0, 0.05) is 18.4 Å². The number of nitrogens with zero attached hydrogens (tertiary/aromatic N) is 1. The van der Waals surface area contributed by atoms with Crippen molar-refractivity contribution < 1.29 is 17.9 Å². The molecule has 0 aromatic heterocycles. The first-order valence-corrected chi connectivity index (χ1v) is 10.0. The first-order valence-electron chi connectivity index (χ1n) is 8.15. The molecule has 1 unspecified atom stereocenters. The number of carbonyl (C=O) groups is 1. The van der Waals surface area contributed by atoms with Crippen molar-refractivity contribution in [3.8, 4) is 5.75 Å². The highest BCUT2D eigenvalue weighted by molar-refractivity contribution is 7.90. The lowest BCUT2D eigenvalue weighted by Gasteiger charge is -2.25. The van der Waals surface area contributed by atoms with Crippen molar-refractivity contribution >= 4 is 15.7 Å². The maximum Gasteiger partial charge on any atom is 0.254 e. The van der Waals surface area contributed by atoms with E-state index in [4.69, 9.17) is 4.74 Å². The van der Waals surface area contributed by atoms with Gasteiger partial charge in [0.2, 0.25) is 0 Å². The predicted molar refractivity (Wildman–Crippen MR) is 95.6 cm³/mol. The van der Waals surface area contributed by atoms with E-state index < -0.39 is 9.84 Å². The third-order valence-corrected chi connectivity index (χ3v) is 5.65. The van der Waals surface area contributed by atoms with Crippen molar-refractivity contribution in [2.45, 2.75) is 23.8 Å². The van der Waals surface area contributed by atoms with E-state index in [1.54, 1.807) is 19.2 Å². The van der Waals surface area contributed by atoms with Gasteiger partial charge in [-0.05, 0) is 54.8 Å². The van der Waals surface area contributed by atoms with Gasteiger partial charge in [-0.3, -0.25) is 4.79 Å². The summed E-state index contributed by atoms with van der Waals surface area (Å²) < 4.78 is 28.4. The van der Waals surface area contributed by atoms with Crippen LogP contribution < -0.4 is 4.74 Å². The van der Waals surface area contributed by atoms with E-state index in [9.17, 15) is 13.2 Å². The van der Waals surface area contributed by atoms with Crippen molar-refractivity contribution in [2.24, 2.45) is 0 Å². The Labute approximate surface area is 148 Å².